The molecule has 0 atom stereocenters. The van der Waals surface area contributed by atoms with Gasteiger partial charge in [0.25, 0.3) is 5.91 Å². The number of hydrogen-bond donors (Lipinski definition) is 1. The van der Waals surface area contributed by atoms with Gasteiger partial charge in [0, 0.05) is 21.9 Å². The molecule has 3 aromatic rings. The van der Waals surface area contributed by atoms with Crippen LogP contribution in [0.5, 0.6) is 0 Å². The van der Waals surface area contributed by atoms with Crippen molar-refractivity contribution in [1.82, 2.24) is 0 Å². The second-order valence-corrected chi connectivity index (χ2v) is 6.60. The second-order valence-electron chi connectivity index (χ2n) is 5.43. The molecule has 2 nitrogen and oxygen atoms in total. The lowest BCUT2D eigenvalue weighted by molar-refractivity contribution is 0.102. The highest BCUT2D eigenvalue weighted by molar-refractivity contribution is 7.99. The van der Waals surface area contributed by atoms with Crippen molar-refractivity contribution in [3.63, 3.8) is 0 Å². The Bertz CT molecular complexity index is 770. The van der Waals surface area contributed by atoms with E-state index in [0.29, 0.717) is 5.56 Å². The lowest BCUT2D eigenvalue weighted by atomic mass is 10.2. The topological polar surface area (TPSA) is 29.1 Å². The lowest BCUT2D eigenvalue weighted by Gasteiger charge is -2.07. The molecule has 3 rings (SSSR count). The van der Waals surface area contributed by atoms with E-state index < -0.39 is 0 Å². The molecule has 24 heavy (non-hydrogen) atoms. The van der Waals surface area contributed by atoms with Crippen molar-refractivity contribution < 1.29 is 4.79 Å². The van der Waals surface area contributed by atoms with Crippen LogP contribution >= 0.6 is 11.8 Å². The molecule has 0 aliphatic rings. The van der Waals surface area contributed by atoms with E-state index in [-0.39, 0.29) is 5.91 Å². The molecule has 0 spiro atoms. The van der Waals surface area contributed by atoms with Gasteiger partial charge >= 0.3 is 0 Å². The van der Waals surface area contributed by atoms with Crippen molar-refractivity contribution in [1.29, 1.82) is 0 Å². The zero-order chi connectivity index (χ0) is 16.6. The van der Waals surface area contributed by atoms with Gasteiger partial charge in [0.2, 0.25) is 0 Å². The van der Waals surface area contributed by atoms with Gasteiger partial charge in [-0.2, -0.15) is 0 Å². The van der Waals surface area contributed by atoms with Crippen LogP contribution in [0.1, 0.15) is 15.9 Å². The Balaban J connectivity index is 1.51. The molecule has 0 bridgehead atoms. The van der Waals surface area contributed by atoms with Gasteiger partial charge in [0.05, 0.1) is 0 Å². The van der Waals surface area contributed by atoms with Crippen LogP contribution in [-0.2, 0) is 6.42 Å². The first kappa shape index (κ1) is 16.3. The highest BCUT2D eigenvalue weighted by Gasteiger charge is 2.05. The van der Waals surface area contributed by atoms with E-state index in [0.717, 1.165) is 17.9 Å². The first-order valence-corrected chi connectivity index (χ1v) is 8.93. The number of rotatable bonds is 6. The van der Waals surface area contributed by atoms with Crippen molar-refractivity contribution in [2.24, 2.45) is 0 Å². The molecule has 0 fully saturated rings. The lowest BCUT2D eigenvalue weighted by Crippen LogP contribution is -2.11. The molecule has 3 aromatic carbocycles. The maximum Gasteiger partial charge on any atom is 0.255 e. The first-order valence-electron chi connectivity index (χ1n) is 7.94. The number of carbonyl (C=O) groups is 1. The van der Waals surface area contributed by atoms with Gasteiger partial charge in [0.1, 0.15) is 0 Å². The third kappa shape index (κ3) is 4.74. The van der Waals surface area contributed by atoms with Crippen molar-refractivity contribution in [3.8, 4) is 0 Å². The molecule has 0 saturated heterocycles. The summed E-state index contributed by atoms with van der Waals surface area (Å²) in [5.41, 5.74) is 2.84. The van der Waals surface area contributed by atoms with Crippen LogP contribution in [0.3, 0.4) is 0 Å². The van der Waals surface area contributed by atoms with E-state index in [4.69, 9.17) is 0 Å². The Labute approximate surface area is 146 Å². The summed E-state index contributed by atoms with van der Waals surface area (Å²) in [5, 5.41) is 2.92. The third-order valence-electron chi connectivity index (χ3n) is 3.65. The van der Waals surface area contributed by atoms with Crippen molar-refractivity contribution in [2.45, 2.75) is 11.3 Å². The van der Waals surface area contributed by atoms with Gasteiger partial charge in [-0.15, -0.1) is 11.8 Å². The Hall–Kier alpha value is -2.52. The van der Waals surface area contributed by atoms with Gasteiger partial charge in [-0.1, -0.05) is 48.5 Å². The Kier molecular flexibility index (Phi) is 5.70. The number of aryl methyl sites for hydroxylation is 1. The van der Waals surface area contributed by atoms with Gasteiger partial charge in [-0.3, -0.25) is 4.79 Å². The third-order valence-corrected chi connectivity index (χ3v) is 4.66. The molecule has 0 heterocycles. The fraction of sp³-hybridized carbons (Fsp3) is 0.0952. The van der Waals surface area contributed by atoms with Gasteiger partial charge in [-0.05, 0) is 48.4 Å². The average molecular weight is 333 g/mol. The molecule has 1 N–H and O–H groups in total. The summed E-state index contributed by atoms with van der Waals surface area (Å²) in [6.45, 7) is 0. The SMILES string of the molecule is O=C(Nc1ccc(SCCc2ccccc2)cc1)c1ccccc1. The summed E-state index contributed by atoms with van der Waals surface area (Å²) < 4.78 is 0. The number of amides is 1. The maximum atomic E-state index is 12.1. The largest absolute Gasteiger partial charge is 0.322 e. The minimum Gasteiger partial charge on any atom is -0.322 e. The minimum atomic E-state index is -0.0833. The first-order chi connectivity index (χ1) is 11.8. The van der Waals surface area contributed by atoms with Crippen LogP contribution in [0.4, 0.5) is 5.69 Å². The standard InChI is InChI=1S/C21H19NOS/c23-21(18-9-5-2-6-10-18)22-19-11-13-20(14-12-19)24-16-15-17-7-3-1-4-8-17/h1-14H,15-16H2,(H,22,23). The van der Waals surface area contributed by atoms with Crippen LogP contribution in [0.15, 0.2) is 89.8 Å². The van der Waals surface area contributed by atoms with Gasteiger partial charge in [0.15, 0.2) is 0 Å². The molecule has 120 valence electrons. The molecule has 0 aliphatic carbocycles. The predicted molar refractivity (Wildman–Crippen MR) is 102 cm³/mol. The smallest absolute Gasteiger partial charge is 0.255 e. The van der Waals surface area contributed by atoms with E-state index in [2.05, 4.69) is 41.7 Å². The number of benzene rings is 3. The molecule has 0 radical (unpaired) electrons. The van der Waals surface area contributed by atoms with Crippen molar-refractivity contribution >= 4 is 23.4 Å². The average Bonchev–Trinajstić information content (AvgIpc) is 2.65. The van der Waals surface area contributed by atoms with Crippen molar-refractivity contribution in [3.05, 3.63) is 96.1 Å². The Morgan fingerprint density at radius 1 is 0.792 bits per heavy atom. The Morgan fingerprint density at radius 2 is 1.42 bits per heavy atom. The fourth-order valence-electron chi connectivity index (χ4n) is 2.36. The summed E-state index contributed by atoms with van der Waals surface area (Å²) in [4.78, 5) is 13.3. The number of thioether (sulfide) groups is 1. The molecular weight excluding hydrogens is 314 g/mol. The number of nitrogens with one attached hydrogen (secondary N) is 1. The zero-order valence-corrected chi connectivity index (χ0v) is 14.1. The van der Waals surface area contributed by atoms with Crippen molar-refractivity contribution in [2.75, 3.05) is 11.1 Å². The fourth-order valence-corrected chi connectivity index (χ4v) is 3.26. The quantitative estimate of drug-likeness (QED) is 0.622. The molecule has 0 saturated carbocycles. The monoisotopic (exact) mass is 333 g/mol. The normalized spacial score (nSPS) is 10.3. The van der Waals surface area contributed by atoms with Crippen LogP contribution in [0.2, 0.25) is 0 Å². The van der Waals surface area contributed by atoms with Gasteiger partial charge < -0.3 is 5.32 Å². The second kappa shape index (κ2) is 8.37. The van der Waals surface area contributed by atoms with Crippen LogP contribution < -0.4 is 5.32 Å². The predicted octanol–water partition coefficient (Wildman–Crippen LogP) is 5.27. The van der Waals surface area contributed by atoms with E-state index in [1.165, 1.54) is 10.5 Å². The van der Waals surface area contributed by atoms with Crippen LogP contribution in [0.25, 0.3) is 0 Å². The van der Waals surface area contributed by atoms with E-state index in [9.17, 15) is 4.79 Å². The number of hydrogen-bond acceptors (Lipinski definition) is 2. The summed E-state index contributed by atoms with van der Waals surface area (Å²) in [5.74, 6) is 0.958. The molecule has 0 aliphatic heterocycles. The zero-order valence-electron chi connectivity index (χ0n) is 13.3. The maximum absolute atomic E-state index is 12.1. The molecule has 0 unspecified atom stereocenters. The highest BCUT2D eigenvalue weighted by atomic mass is 32.2. The molecule has 1 amide bonds. The van der Waals surface area contributed by atoms with E-state index in [1.54, 1.807) is 0 Å². The summed E-state index contributed by atoms with van der Waals surface area (Å²) in [6, 6.07) is 27.7. The summed E-state index contributed by atoms with van der Waals surface area (Å²) in [7, 11) is 0. The Morgan fingerprint density at radius 3 is 2.08 bits per heavy atom. The molecular formula is C21H19NOS. The van der Waals surface area contributed by atoms with Gasteiger partial charge in [-0.25, -0.2) is 0 Å². The van der Waals surface area contributed by atoms with Crippen LogP contribution in [0, 0.1) is 0 Å². The summed E-state index contributed by atoms with van der Waals surface area (Å²) >= 11 is 1.83. The molecule has 0 aromatic heterocycles. The molecule has 3 heteroatoms. The highest BCUT2D eigenvalue weighted by Crippen LogP contribution is 2.21. The number of carbonyl (C=O) groups excluding carboxylic acids is 1. The van der Waals surface area contributed by atoms with E-state index >= 15 is 0 Å². The number of anilines is 1. The van der Waals surface area contributed by atoms with E-state index in [1.807, 2.05) is 60.3 Å². The van der Waals surface area contributed by atoms with Crippen LogP contribution in [-0.4, -0.2) is 11.7 Å². The summed E-state index contributed by atoms with van der Waals surface area (Å²) in [6.07, 6.45) is 1.05. The minimum absolute atomic E-state index is 0.0833.